The van der Waals surface area contributed by atoms with Gasteiger partial charge in [-0.3, -0.25) is 9.59 Å². The maximum atomic E-state index is 10.8. The molecule has 2 rings (SSSR count). The van der Waals surface area contributed by atoms with Crippen molar-refractivity contribution in [3.05, 3.63) is 29.5 Å². The van der Waals surface area contributed by atoms with Crippen molar-refractivity contribution in [1.29, 1.82) is 0 Å². The lowest BCUT2D eigenvalue weighted by Gasteiger charge is -1.98. The Morgan fingerprint density at radius 1 is 1.53 bits per heavy atom. The molecule has 0 aliphatic heterocycles. The quantitative estimate of drug-likeness (QED) is 0.817. The van der Waals surface area contributed by atoms with Gasteiger partial charge >= 0.3 is 5.97 Å². The minimum atomic E-state index is -1.01. The van der Waals surface area contributed by atoms with Crippen LogP contribution in [0.5, 0.6) is 5.75 Å². The predicted molar refractivity (Wildman–Crippen MR) is 59.5 cm³/mol. The highest BCUT2D eigenvalue weighted by atomic mass is 16.5. The third-order valence-electron chi connectivity index (χ3n) is 2.47. The van der Waals surface area contributed by atoms with E-state index in [4.69, 9.17) is 14.3 Å². The molecule has 0 spiro atoms. The Balaban J connectivity index is 2.63. The van der Waals surface area contributed by atoms with Crippen molar-refractivity contribution < 1.29 is 23.8 Å². The van der Waals surface area contributed by atoms with E-state index in [-0.39, 0.29) is 12.2 Å². The number of aldehydes is 1. The van der Waals surface area contributed by atoms with Crippen LogP contribution in [0.25, 0.3) is 11.0 Å². The number of carbonyl (C=O) groups excluding carboxylic acids is 1. The van der Waals surface area contributed by atoms with Crippen LogP contribution in [-0.2, 0) is 11.2 Å². The molecule has 17 heavy (non-hydrogen) atoms. The summed E-state index contributed by atoms with van der Waals surface area (Å²) in [5, 5.41) is 9.40. The molecule has 0 saturated carbocycles. The van der Waals surface area contributed by atoms with Gasteiger partial charge in [0.1, 0.15) is 11.3 Å². The molecule has 0 bridgehead atoms. The first-order chi connectivity index (χ1) is 8.15. The van der Waals surface area contributed by atoms with Gasteiger partial charge in [0.15, 0.2) is 12.0 Å². The van der Waals surface area contributed by atoms with Gasteiger partial charge < -0.3 is 14.3 Å². The zero-order valence-electron chi connectivity index (χ0n) is 9.10. The molecule has 5 nitrogen and oxygen atoms in total. The number of hydrogen-bond donors (Lipinski definition) is 1. The summed E-state index contributed by atoms with van der Waals surface area (Å²) < 4.78 is 10.3. The molecule has 88 valence electrons. The monoisotopic (exact) mass is 234 g/mol. The first-order valence-corrected chi connectivity index (χ1v) is 4.92. The van der Waals surface area contributed by atoms with Gasteiger partial charge in [0, 0.05) is 17.0 Å². The normalized spacial score (nSPS) is 10.4. The number of carbonyl (C=O) groups is 2. The van der Waals surface area contributed by atoms with Gasteiger partial charge in [0.2, 0.25) is 0 Å². The van der Waals surface area contributed by atoms with E-state index >= 15 is 0 Å². The highest BCUT2D eigenvalue weighted by molar-refractivity contribution is 5.93. The number of hydrogen-bond acceptors (Lipinski definition) is 4. The van der Waals surface area contributed by atoms with Crippen LogP contribution >= 0.6 is 0 Å². The van der Waals surface area contributed by atoms with Crippen LogP contribution in [-0.4, -0.2) is 24.5 Å². The smallest absolute Gasteiger partial charge is 0.307 e. The number of carboxylic acid groups (broad SMARTS) is 1. The van der Waals surface area contributed by atoms with Crippen LogP contribution in [0.3, 0.4) is 0 Å². The van der Waals surface area contributed by atoms with Crippen LogP contribution in [0, 0.1) is 0 Å². The fraction of sp³-hybridized carbons (Fsp3) is 0.167. The second kappa shape index (κ2) is 4.29. The minimum absolute atomic E-state index is 0.0515. The summed E-state index contributed by atoms with van der Waals surface area (Å²) >= 11 is 0. The lowest BCUT2D eigenvalue weighted by atomic mass is 10.1. The lowest BCUT2D eigenvalue weighted by Crippen LogP contribution is -2.01. The Bertz CT molecular complexity index is 582. The van der Waals surface area contributed by atoms with Crippen LogP contribution in [0.2, 0.25) is 0 Å². The van der Waals surface area contributed by atoms with Crippen molar-refractivity contribution >= 4 is 23.2 Å². The van der Waals surface area contributed by atoms with Gasteiger partial charge in [-0.15, -0.1) is 0 Å². The van der Waals surface area contributed by atoms with Crippen molar-refractivity contribution in [2.24, 2.45) is 0 Å². The van der Waals surface area contributed by atoms with Crippen molar-refractivity contribution in [2.75, 3.05) is 7.11 Å². The minimum Gasteiger partial charge on any atom is -0.497 e. The predicted octanol–water partition coefficient (Wildman–Crippen LogP) is 1.88. The average molecular weight is 234 g/mol. The second-order valence-corrected chi connectivity index (χ2v) is 3.50. The number of methoxy groups -OCH3 is 1. The Morgan fingerprint density at radius 3 is 2.88 bits per heavy atom. The number of ether oxygens (including phenoxy) is 1. The Labute approximate surface area is 96.6 Å². The second-order valence-electron chi connectivity index (χ2n) is 3.50. The van der Waals surface area contributed by atoms with Gasteiger partial charge in [-0.2, -0.15) is 0 Å². The Morgan fingerprint density at radius 2 is 2.29 bits per heavy atom. The van der Waals surface area contributed by atoms with E-state index in [2.05, 4.69) is 0 Å². The van der Waals surface area contributed by atoms with E-state index in [1.165, 1.54) is 7.11 Å². The number of carboxylic acids is 1. The third kappa shape index (κ3) is 1.99. The molecule has 0 fully saturated rings. The summed E-state index contributed by atoms with van der Waals surface area (Å²) in [7, 11) is 1.52. The summed E-state index contributed by atoms with van der Waals surface area (Å²) in [4.78, 5) is 21.5. The molecule has 0 atom stereocenters. The van der Waals surface area contributed by atoms with Gasteiger partial charge in [0.25, 0.3) is 0 Å². The maximum absolute atomic E-state index is 10.8. The van der Waals surface area contributed by atoms with Crippen molar-refractivity contribution in [2.45, 2.75) is 6.42 Å². The van der Waals surface area contributed by atoms with Crippen LogP contribution < -0.4 is 4.74 Å². The standard InChI is InChI=1S/C12H10O5/c1-16-7-2-3-8-9(5-12(14)15)11(6-13)17-10(8)4-7/h2-4,6H,5H2,1H3,(H,14,15). The van der Waals surface area contributed by atoms with Crippen LogP contribution in [0.1, 0.15) is 16.1 Å². The molecule has 1 heterocycles. The number of benzene rings is 1. The highest BCUT2D eigenvalue weighted by Gasteiger charge is 2.16. The SMILES string of the molecule is COc1ccc2c(CC(=O)O)c(C=O)oc2c1. The van der Waals surface area contributed by atoms with Crippen molar-refractivity contribution in [1.82, 2.24) is 0 Å². The first kappa shape index (κ1) is 11.2. The fourth-order valence-corrected chi connectivity index (χ4v) is 1.70. The topological polar surface area (TPSA) is 76.7 Å². The molecule has 1 N–H and O–H groups in total. The molecule has 0 unspecified atom stereocenters. The molecule has 0 radical (unpaired) electrons. The van der Waals surface area contributed by atoms with Crippen molar-refractivity contribution in [3.63, 3.8) is 0 Å². The van der Waals surface area contributed by atoms with E-state index in [9.17, 15) is 9.59 Å². The lowest BCUT2D eigenvalue weighted by molar-refractivity contribution is -0.136. The summed E-state index contributed by atoms with van der Waals surface area (Å²) in [6, 6.07) is 4.99. The van der Waals surface area contributed by atoms with Gasteiger partial charge in [-0.05, 0) is 12.1 Å². The molecule has 0 aliphatic rings. The Hall–Kier alpha value is -2.30. The molecule has 0 aliphatic carbocycles. The molecule has 5 heteroatoms. The zero-order chi connectivity index (χ0) is 12.4. The maximum Gasteiger partial charge on any atom is 0.307 e. The van der Waals surface area contributed by atoms with Crippen molar-refractivity contribution in [3.8, 4) is 5.75 Å². The third-order valence-corrected chi connectivity index (χ3v) is 2.47. The molecule has 0 amide bonds. The summed E-state index contributed by atoms with van der Waals surface area (Å²) in [6.45, 7) is 0. The molecular formula is C12H10O5. The van der Waals surface area contributed by atoms with E-state index in [1.807, 2.05) is 0 Å². The summed E-state index contributed by atoms with van der Waals surface area (Å²) in [5.74, 6) is -0.368. The number of furan rings is 1. The highest BCUT2D eigenvalue weighted by Crippen LogP contribution is 2.28. The summed E-state index contributed by atoms with van der Waals surface area (Å²) in [6.07, 6.45) is 0.276. The molecule has 1 aromatic carbocycles. The van der Waals surface area contributed by atoms with Gasteiger partial charge in [-0.1, -0.05) is 0 Å². The first-order valence-electron chi connectivity index (χ1n) is 4.92. The van der Waals surface area contributed by atoms with Gasteiger partial charge in [0.05, 0.1) is 13.5 Å². The average Bonchev–Trinajstić information content (AvgIpc) is 2.65. The van der Waals surface area contributed by atoms with Crippen LogP contribution in [0.4, 0.5) is 0 Å². The number of aliphatic carboxylic acids is 1. The Kier molecular flexibility index (Phi) is 2.82. The van der Waals surface area contributed by atoms with E-state index in [1.54, 1.807) is 18.2 Å². The summed E-state index contributed by atoms with van der Waals surface area (Å²) in [5.41, 5.74) is 0.841. The number of rotatable bonds is 4. The zero-order valence-corrected chi connectivity index (χ0v) is 9.10. The molecule has 0 saturated heterocycles. The van der Waals surface area contributed by atoms with E-state index < -0.39 is 5.97 Å². The van der Waals surface area contributed by atoms with Crippen LogP contribution in [0.15, 0.2) is 22.6 Å². The fourth-order valence-electron chi connectivity index (χ4n) is 1.70. The van der Waals surface area contributed by atoms with E-state index in [0.717, 1.165) is 0 Å². The molecular weight excluding hydrogens is 224 g/mol. The van der Waals surface area contributed by atoms with Gasteiger partial charge in [-0.25, -0.2) is 0 Å². The van der Waals surface area contributed by atoms with E-state index in [0.29, 0.717) is 28.6 Å². The molecule has 2 aromatic rings. The largest absolute Gasteiger partial charge is 0.497 e. The number of fused-ring (bicyclic) bond motifs is 1. The molecule has 1 aromatic heterocycles.